The van der Waals surface area contributed by atoms with Crippen molar-refractivity contribution in [2.45, 2.75) is 71.1 Å². The third kappa shape index (κ3) is 7.58. The summed E-state index contributed by atoms with van der Waals surface area (Å²) in [5.74, 6) is -0.276. The van der Waals surface area contributed by atoms with Crippen LogP contribution in [0.3, 0.4) is 0 Å². The molecule has 0 atom stereocenters. The van der Waals surface area contributed by atoms with Crippen molar-refractivity contribution >= 4 is 39.0 Å². The van der Waals surface area contributed by atoms with Gasteiger partial charge in [0.1, 0.15) is 22.7 Å². The first-order valence-corrected chi connectivity index (χ1v) is 12.3. The summed E-state index contributed by atoms with van der Waals surface area (Å²) in [5, 5.41) is 14.5. The van der Waals surface area contributed by atoms with Crippen LogP contribution in [0.4, 0.5) is 20.3 Å². The number of ether oxygens (including phenoxy) is 1. The summed E-state index contributed by atoms with van der Waals surface area (Å²) < 4.78 is 30.3. The predicted octanol–water partition coefficient (Wildman–Crippen LogP) is 5.20. The number of aromatic nitrogens is 3. The molecule has 0 bridgehead atoms. The number of alkyl halides is 2. The second-order valence-electron chi connectivity index (χ2n) is 8.08. The summed E-state index contributed by atoms with van der Waals surface area (Å²) in [5.41, 5.74) is 1.58. The Kier molecular flexibility index (Phi) is 9.93. The molecule has 0 aliphatic heterocycles. The summed E-state index contributed by atoms with van der Waals surface area (Å²) in [6, 6.07) is 3.41. The van der Waals surface area contributed by atoms with E-state index >= 15 is 0 Å². The third-order valence-corrected chi connectivity index (χ3v) is 6.74. The van der Waals surface area contributed by atoms with Crippen molar-refractivity contribution < 1.29 is 23.4 Å². The molecule has 0 fully saturated rings. The zero-order valence-electron chi connectivity index (χ0n) is 19.2. The number of thiophene rings is 1. The molecule has 7 nitrogen and oxygen atoms in total. The van der Waals surface area contributed by atoms with Gasteiger partial charge < -0.3 is 20.0 Å². The van der Waals surface area contributed by atoms with E-state index in [2.05, 4.69) is 27.2 Å². The minimum atomic E-state index is -2.59. The van der Waals surface area contributed by atoms with Gasteiger partial charge >= 0.3 is 0 Å². The standard InChI is InChI=1S/C24H30F2N4O3S/c1-16-18(11-7-5-3-2-4-6-8-12-20(31)32)34-24-21(16)22(28-15-29-24)30-17-10-9-13-27-23(17)33-14-19(25)26/h9-10,13,15,19H,2-8,11-12,14H2,1H3,(H,31,32)(H,28,29,30)/p-1. The Bertz CT molecular complexity index is 1080. The van der Waals surface area contributed by atoms with E-state index in [0.717, 1.165) is 60.7 Å². The maximum absolute atomic E-state index is 12.6. The Morgan fingerprint density at radius 3 is 2.59 bits per heavy atom. The topological polar surface area (TPSA) is 100 Å². The lowest BCUT2D eigenvalue weighted by atomic mass is 10.1. The van der Waals surface area contributed by atoms with Crippen LogP contribution < -0.4 is 15.2 Å². The van der Waals surface area contributed by atoms with Crippen LogP contribution in [-0.4, -0.2) is 34.0 Å². The number of aliphatic carboxylic acids is 1. The molecule has 184 valence electrons. The fourth-order valence-corrected chi connectivity index (χ4v) is 4.95. The number of carbonyl (C=O) groups excluding carboxylic acids is 1. The highest BCUT2D eigenvalue weighted by atomic mass is 32.1. The van der Waals surface area contributed by atoms with E-state index < -0.39 is 19.0 Å². The van der Waals surface area contributed by atoms with Gasteiger partial charge in [0.05, 0.1) is 5.39 Å². The molecular weight excluding hydrogens is 462 g/mol. The van der Waals surface area contributed by atoms with Crippen LogP contribution in [0, 0.1) is 6.92 Å². The number of nitrogens with one attached hydrogen (secondary N) is 1. The van der Waals surface area contributed by atoms with E-state index in [4.69, 9.17) is 4.74 Å². The molecule has 0 saturated heterocycles. The van der Waals surface area contributed by atoms with Gasteiger partial charge in [-0.25, -0.2) is 23.7 Å². The summed E-state index contributed by atoms with van der Waals surface area (Å²) in [4.78, 5) is 25.4. The molecule has 0 spiro atoms. The predicted molar refractivity (Wildman–Crippen MR) is 127 cm³/mol. The lowest BCUT2D eigenvalue weighted by Gasteiger charge is -2.12. The number of aryl methyl sites for hydroxylation is 2. The number of carboxylic acid groups (broad SMARTS) is 1. The maximum Gasteiger partial charge on any atom is 0.272 e. The van der Waals surface area contributed by atoms with Crippen LogP contribution in [0.15, 0.2) is 24.7 Å². The molecule has 3 heterocycles. The molecule has 0 radical (unpaired) electrons. The smallest absolute Gasteiger partial charge is 0.272 e. The number of rotatable bonds is 15. The van der Waals surface area contributed by atoms with Crippen molar-refractivity contribution in [3.05, 3.63) is 35.1 Å². The SMILES string of the molecule is Cc1c(CCCCCCCCCC(=O)[O-])sc2ncnc(Nc3cccnc3OCC(F)F)c12. The Morgan fingerprint density at radius 2 is 1.85 bits per heavy atom. The van der Waals surface area contributed by atoms with Crippen LogP contribution in [-0.2, 0) is 11.2 Å². The van der Waals surface area contributed by atoms with Gasteiger partial charge in [-0.2, -0.15) is 0 Å². The molecule has 0 saturated carbocycles. The van der Waals surface area contributed by atoms with Gasteiger partial charge in [-0.05, 0) is 50.3 Å². The Labute approximate surface area is 201 Å². The highest BCUT2D eigenvalue weighted by molar-refractivity contribution is 7.18. The minimum absolute atomic E-state index is 0.0993. The summed E-state index contributed by atoms with van der Waals surface area (Å²) >= 11 is 1.65. The number of unbranched alkanes of at least 4 members (excludes halogenated alkanes) is 6. The van der Waals surface area contributed by atoms with Gasteiger partial charge in [-0.1, -0.05) is 32.1 Å². The average Bonchev–Trinajstić information content (AvgIpc) is 3.13. The molecule has 0 aliphatic carbocycles. The molecule has 0 unspecified atom stereocenters. The van der Waals surface area contributed by atoms with Crippen molar-refractivity contribution in [3.63, 3.8) is 0 Å². The number of carbonyl (C=O) groups is 1. The first kappa shape index (κ1) is 25.7. The number of hydrogen-bond acceptors (Lipinski definition) is 8. The second kappa shape index (κ2) is 13.1. The Morgan fingerprint density at radius 1 is 1.12 bits per heavy atom. The van der Waals surface area contributed by atoms with Gasteiger partial charge in [0.25, 0.3) is 6.43 Å². The number of anilines is 2. The zero-order valence-corrected chi connectivity index (χ0v) is 20.0. The van der Waals surface area contributed by atoms with E-state index in [0.29, 0.717) is 17.9 Å². The number of fused-ring (bicyclic) bond motifs is 1. The van der Waals surface area contributed by atoms with Crippen LogP contribution in [0.1, 0.15) is 61.8 Å². The van der Waals surface area contributed by atoms with E-state index in [1.807, 2.05) is 0 Å². The zero-order chi connectivity index (χ0) is 24.3. The Hall–Kier alpha value is -2.88. The molecule has 0 aliphatic rings. The van der Waals surface area contributed by atoms with Gasteiger partial charge in [0.2, 0.25) is 5.88 Å². The quantitative estimate of drug-likeness (QED) is 0.292. The largest absolute Gasteiger partial charge is 0.550 e. The number of nitrogens with zero attached hydrogens (tertiary/aromatic N) is 3. The van der Waals surface area contributed by atoms with Crippen molar-refractivity contribution in [2.75, 3.05) is 11.9 Å². The Balaban J connectivity index is 1.58. The highest BCUT2D eigenvalue weighted by Gasteiger charge is 2.16. The maximum atomic E-state index is 12.6. The van der Waals surface area contributed by atoms with Crippen LogP contribution in [0.25, 0.3) is 10.2 Å². The molecule has 3 aromatic heterocycles. The van der Waals surface area contributed by atoms with E-state index in [-0.39, 0.29) is 12.3 Å². The monoisotopic (exact) mass is 491 g/mol. The molecule has 1 N–H and O–H groups in total. The van der Waals surface area contributed by atoms with Crippen LogP contribution >= 0.6 is 11.3 Å². The van der Waals surface area contributed by atoms with Crippen molar-refractivity contribution in [3.8, 4) is 5.88 Å². The second-order valence-corrected chi connectivity index (χ2v) is 9.17. The first-order valence-electron chi connectivity index (χ1n) is 11.5. The molecule has 3 aromatic rings. The van der Waals surface area contributed by atoms with Gasteiger partial charge in [0.15, 0.2) is 6.61 Å². The number of halogens is 2. The van der Waals surface area contributed by atoms with Gasteiger partial charge in [-0.15, -0.1) is 11.3 Å². The highest BCUT2D eigenvalue weighted by Crippen LogP contribution is 2.36. The van der Waals surface area contributed by atoms with Crippen LogP contribution in [0.5, 0.6) is 5.88 Å². The minimum Gasteiger partial charge on any atom is -0.550 e. The third-order valence-electron chi connectivity index (χ3n) is 5.48. The fourth-order valence-electron chi connectivity index (χ4n) is 3.76. The van der Waals surface area contributed by atoms with E-state index in [1.165, 1.54) is 17.4 Å². The van der Waals surface area contributed by atoms with Crippen molar-refractivity contribution in [2.24, 2.45) is 0 Å². The van der Waals surface area contributed by atoms with Gasteiger partial charge in [-0.3, -0.25) is 0 Å². The van der Waals surface area contributed by atoms with Gasteiger partial charge in [0, 0.05) is 17.0 Å². The molecule has 34 heavy (non-hydrogen) atoms. The average molecular weight is 492 g/mol. The lowest BCUT2D eigenvalue weighted by molar-refractivity contribution is -0.305. The molecule has 10 heteroatoms. The lowest BCUT2D eigenvalue weighted by Crippen LogP contribution is -2.21. The van der Waals surface area contributed by atoms with Crippen LogP contribution in [0.2, 0.25) is 0 Å². The molecule has 0 amide bonds. The summed E-state index contributed by atoms with van der Waals surface area (Å²) in [6.07, 6.45) is 8.59. The molecular formula is C24H29F2N4O3S-. The van der Waals surface area contributed by atoms with Crippen molar-refractivity contribution in [1.29, 1.82) is 0 Å². The van der Waals surface area contributed by atoms with Crippen molar-refractivity contribution in [1.82, 2.24) is 15.0 Å². The first-order chi connectivity index (χ1) is 16.5. The number of pyridine rings is 1. The van der Waals surface area contributed by atoms with E-state index in [1.54, 1.807) is 23.5 Å². The summed E-state index contributed by atoms with van der Waals surface area (Å²) in [6.45, 7) is 1.32. The molecule has 3 rings (SSSR count). The molecule has 0 aromatic carbocycles. The summed E-state index contributed by atoms with van der Waals surface area (Å²) in [7, 11) is 0. The number of carboxylic acids is 1. The fraction of sp³-hybridized carbons (Fsp3) is 0.500. The normalized spacial score (nSPS) is 11.3. The number of hydrogen-bond donors (Lipinski definition) is 1. The van der Waals surface area contributed by atoms with E-state index in [9.17, 15) is 18.7 Å².